The number of nitrogens with zero attached hydrogens (tertiary/aromatic N) is 4. The maximum absolute atomic E-state index is 9.66. The summed E-state index contributed by atoms with van der Waals surface area (Å²) >= 11 is 0. The lowest BCUT2D eigenvalue weighted by molar-refractivity contribution is 0.474. The average Bonchev–Trinajstić information content (AvgIpc) is 2.60. The molecule has 2 N–H and O–H groups in total. The van der Waals surface area contributed by atoms with Crippen LogP contribution in [0.3, 0.4) is 0 Å². The van der Waals surface area contributed by atoms with Gasteiger partial charge in [-0.3, -0.25) is 0 Å². The van der Waals surface area contributed by atoms with E-state index in [9.17, 15) is 10.2 Å². The predicted molar refractivity (Wildman–Crippen MR) is 89.7 cm³/mol. The summed E-state index contributed by atoms with van der Waals surface area (Å²) in [6.45, 7) is 0. The molecule has 0 bridgehead atoms. The summed E-state index contributed by atoms with van der Waals surface area (Å²) in [6.07, 6.45) is 2.56. The van der Waals surface area contributed by atoms with E-state index in [-0.39, 0.29) is 22.9 Å². The van der Waals surface area contributed by atoms with Gasteiger partial charge in [-0.05, 0) is 24.3 Å². The van der Waals surface area contributed by atoms with Gasteiger partial charge in [-0.2, -0.15) is 10.5 Å². The lowest BCUT2D eigenvalue weighted by Gasteiger charge is -1.98. The van der Waals surface area contributed by atoms with Crippen molar-refractivity contribution in [2.75, 3.05) is 0 Å². The highest BCUT2D eigenvalue weighted by atomic mass is 16.3. The van der Waals surface area contributed by atoms with Crippen LogP contribution in [0.4, 0.5) is 0 Å². The third-order valence-electron chi connectivity index (χ3n) is 2.98. The second-order valence-corrected chi connectivity index (χ2v) is 4.55. The van der Waals surface area contributed by atoms with E-state index in [1.807, 2.05) is 0 Å². The Bertz CT molecular complexity index is 840. The van der Waals surface area contributed by atoms with Crippen molar-refractivity contribution in [3.8, 4) is 23.6 Å². The molecule has 0 aliphatic rings. The third kappa shape index (κ3) is 4.06. The molecule has 0 aliphatic carbocycles. The van der Waals surface area contributed by atoms with Crippen molar-refractivity contribution >= 4 is 12.4 Å². The Balaban J connectivity index is 2.34. The molecule has 0 atom stereocenters. The first-order valence-electron chi connectivity index (χ1n) is 6.84. The van der Waals surface area contributed by atoms with Gasteiger partial charge in [-0.15, -0.1) is 0 Å². The number of rotatable bonds is 4. The molecule has 0 spiro atoms. The number of allylic oxidation sites excluding steroid dienone is 2. The highest BCUT2D eigenvalue weighted by Crippen LogP contribution is 2.16. The summed E-state index contributed by atoms with van der Waals surface area (Å²) in [5, 5.41) is 37.7. The number of aromatic hydroxyl groups is 2. The maximum Gasteiger partial charge on any atom is 0.176 e. The zero-order chi connectivity index (χ0) is 17.4. The van der Waals surface area contributed by atoms with Gasteiger partial charge < -0.3 is 10.2 Å². The van der Waals surface area contributed by atoms with Gasteiger partial charge in [-0.25, -0.2) is 9.98 Å². The number of phenols is 2. The van der Waals surface area contributed by atoms with Crippen molar-refractivity contribution in [1.82, 2.24) is 0 Å². The van der Waals surface area contributed by atoms with Crippen LogP contribution in [0.1, 0.15) is 11.1 Å². The monoisotopic (exact) mass is 316 g/mol. The number of benzene rings is 2. The van der Waals surface area contributed by atoms with Crippen LogP contribution in [0.2, 0.25) is 0 Å². The van der Waals surface area contributed by atoms with Crippen molar-refractivity contribution in [3.63, 3.8) is 0 Å². The highest BCUT2D eigenvalue weighted by Gasteiger charge is 2.04. The van der Waals surface area contributed by atoms with Gasteiger partial charge in [0.25, 0.3) is 0 Å². The lowest BCUT2D eigenvalue weighted by atomic mass is 10.2. The molecular formula is C18H12N4O2. The molecule has 116 valence electrons. The summed E-state index contributed by atoms with van der Waals surface area (Å²) < 4.78 is 0. The van der Waals surface area contributed by atoms with E-state index in [1.54, 1.807) is 48.5 Å². The van der Waals surface area contributed by atoms with E-state index in [0.717, 1.165) is 0 Å². The minimum Gasteiger partial charge on any atom is -0.507 e. The van der Waals surface area contributed by atoms with Gasteiger partial charge in [0.1, 0.15) is 23.6 Å². The normalized spacial score (nSPS) is 11.9. The molecule has 0 radical (unpaired) electrons. The first-order chi connectivity index (χ1) is 11.7. The van der Waals surface area contributed by atoms with Crippen LogP contribution in [0.25, 0.3) is 0 Å². The van der Waals surface area contributed by atoms with Gasteiger partial charge in [0.15, 0.2) is 11.4 Å². The molecule has 0 saturated heterocycles. The average molecular weight is 316 g/mol. The number of aliphatic imine (C=N–C) groups is 2. The van der Waals surface area contributed by atoms with Crippen LogP contribution in [-0.2, 0) is 0 Å². The molecule has 2 aromatic carbocycles. The molecule has 6 heteroatoms. The number of nitriles is 2. The lowest BCUT2D eigenvalue weighted by Crippen LogP contribution is -1.88. The SMILES string of the molecule is N#C/C(N=Cc1ccccc1O)=C(/C#N)N=Cc1ccccc1O. The van der Waals surface area contributed by atoms with Gasteiger partial charge in [0.05, 0.1) is 0 Å². The fourth-order valence-corrected chi connectivity index (χ4v) is 1.75. The Hall–Kier alpha value is -3.90. The topological polar surface area (TPSA) is 113 Å². The molecular weight excluding hydrogens is 304 g/mol. The molecule has 2 rings (SSSR count). The van der Waals surface area contributed by atoms with Crippen LogP contribution < -0.4 is 0 Å². The van der Waals surface area contributed by atoms with E-state index in [1.165, 1.54) is 24.6 Å². The van der Waals surface area contributed by atoms with Gasteiger partial charge in [-0.1, -0.05) is 24.3 Å². The molecule has 0 fully saturated rings. The molecule has 0 aromatic heterocycles. The molecule has 0 aliphatic heterocycles. The zero-order valence-electron chi connectivity index (χ0n) is 12.5. The van der Waals surface area contributed by atoms with E-state index in [4.69, 9.17) is 10.5 Å². The summed E-state index contributed by atoms with van der Waals surface area (Å²) in [4.78, 5) is 7.83. The second-order valence-electron chi connectivity index (χ2n) is 4.55. The Morgan fingerprint density at radius 3 is 1.46 bits per heavy atom. The van der Waals surface area contributed by atoms with E-state index in [0.29, 0.717) is 11.1 Å². The van der Waals surface area contributed by atoms with Crippen LogP contribution >= 0.6 is 0 Å². The number of para-hydroxylation sites is 2. The molecule has 24 heavy (non-hydrogen) atoms. The molecule has 6 nitrogen and oxygen atoms in total. The largest absolute Gasteiger partial charge is 0.507 e. The van der Waals surface area contributed by atoms with Gasteiger partial charge in [0.2, 0.25) is 0 Å². The second kappa shape index (κ2) is 7.92. The van der Waals surface area contributed by atoms with Crippen molar-refractivity contribution in [2.24, 2.45) is 9.98 Å². The predicted octanol–water partition coefficient (Wildman–Crippen LogP) is 2.89. The number of hydrogen-bond acceptors (Lipinski definition) is 6. The first kappa shape index (κ1) is 16.5. The zero-order valence-corrected chi connectivity index (χ0v) is 12.5. The van der Waals surface area contributed by atoms with Crippen LogP contribution in [0.15, 0.2) is 69.9 Å². The van der Waals surface area contributed by atoms with Gasteiger partial charge >= 0.3 is 0 Å². The Morgan fingerprint density at radius 1 is 0.750 bits per heavy atom. The fraction of sp³-hybridized carbons (Fsp3) is 0. The van der Waals surface area contributed by atoms with Crippen LogP contribution in [0, 0.1) is 22.7 Å². The van der Waals surface area contributed by atoms with Crippen molar-refractivity contribution in [2.45, 2.75) is 0 Å². The molecule has 0 saturated carbocycles. The molecule has 0 heterocycles. The summed E-state index contributed by atoms with van der Waals surface area (Å²) in [5.74, 6) is 0.0181. The quantitative estimate of drug-likeness (QED) is 0.667. The minimum atomic E-state index is -0.201. The Kier molecular flexibility index (Phi) is 5.44. The maximum atomic E-state index is 9.66. The van der Waals surface area contributed by atoms with Gasteiger partial charge in [0, 0.05) is 23.6 Å². The van der Waals surface area contributed by atoms with E-state index < -0.39 is 0 Å². The summed E-state index contributed by atoms with van der Waals surface area (Å²) in [5.41, 5.74) is 0.416. The van der Waals surface area contributed by atoms with Crippen LogP contribution in [0.5, 0.6) is 11.5 Å². The van der Waals surface area contributed by atoms with Crippen molar-refractivity contribution in [3.05, 3.63) is 71.1 Å². The van der Waals surface area contributed by atoms with E-state index in [2.05, 4.69) is 9.98 Å². The standard InChI is InChI=1S/C18H12N4O2/c19-9-15(21-11-13-5-1-3-7-17(13)23)16(10-20)22-12-14-6-2-4-8-18(14)24/h1-8,11-12,23-24H/b16-15+,21-11?,22-12?. The fourth-order valence-electron chi connectivity index (χ4n) is 1.75. The molecule has 0 amide bonds. The smallest absolute Gasteiger partial charge is 0.176 e. The van der Waals surface area contributed by atoms with Crippen molar-refractivity contribution < 1.29 is 10.2 Å². The summed E-state index contributed by atoms with van der Waals surface area (Å²) in [7, 11) is 0. The molecule has 2 aromatic rings. The Labute approximate surface area is 138 Å². The van der Waals surface area contributed by atoms with Crippen LogP contribution in [-0.4, -0.2) is 22.6 Å². The molecule has 0 unspecified atom stereocenters. The highest BCUT2D eigenvalue weighted by molar-refractivity contribution is 5.85. The Morgan fingerprint density at radius 2 is 1.12 bits per heavy atom. The third-order valence-corrected chi connectivity index (χ3v) is 2.98. The summed E-state index contributed by atoms with van der Waals surface area (Å²) in [6, 6.07) is 16.5. The number of phenolic OH excluding ortho intramolecular Hbond substituents is 2. The first-order valence-corrected chi connectivity index (χ1v) is 6.84. The van der Waals surface area contributed by atoms with Crippen molar-refractivity contribution in [1.29, 1.82) is 10.5 Å². The minimum absolute atomic E-state index is 0.00903. The number of hydrogen-bond donors (Lipinski definition) is 2. The van der Waals surface area contributed by atoms with E-state index >= 15 is 0 Å².